The minimum Gasteiger partial charge on any atom is -0.381 e. The quantitative estimate of drug-likeness (QED) is 0.797. The number of rotatable bonds is 4. The fourth-order valence-electron chi connectivity index (χ4n) is 4.62. The van der Waals surface area contributed by atoms with Crippen molar-refractivity contribution >= 4 is 23.2 Å². The number of carbonyl (C=O) groups is 2. The highest BCUT2D eigenvalue weighted by Gasteiger charge is 2.46. The van der Waals surface area contributed by atoms with Crippen LogP contribution in [0.25, 0.3) is 11.1 Å². The number of amides is 2. The summed E-state index contributed by atoms with van der Waals surface area (Å²) in [6.07, 6.45) is 2.73. The van der Waals surface area contributed by atoms with E-state index in [-0.39, 0.29) is 23.1 Å². The van der Waals surface area contributed by atoms with Gasteiger partial charge < -0.3 is 15.0 Å². The third kappa shape index (κ3) is 3.74. The number of fused-ring (bicyclic) bond motifs is 2. The summed E-state index contributed by atoms with van der Waals surface area (Å²) < 4.78 is 5.66. The molecule has 2 amide bonds. The molecular weight excluding hydrogens is 376 g/mol. The Balaban J connectivity index is 1.71. The van der Waals surface area contributed by atoms with E-state index in [2.05, 4.69) is 30.4 Å². The first-order chi connectivity index (χ1) is 14.4. The van der Waals surface area contributed by atoms with Gasteiger partial charge in [-0.1, -0.05) is 32.0 Å². The molecule has 2 aliphatic heterocycles. The molecule has 0 radical (unpaired) electrons. The molecule has 4 rings (SSSR count). The SMILES string of the molecule is CCC(C)C(=O)N1CC2(CCOCC2)c2cc(-c3ccc(NC(C)=O)cc3)ccc21. The van der Waals surface area contributed by atoms with Crippen LogP contribution in [0, 0.1) is 5.92 Å². The fourth-order valence-corrected chi connectivity index (χ4v) is 4.62. The monoisotopic (exact) mass is 406 g/mol. The molecule has 1 atom stereocenters. The third-order valence-electron chi connectivity index (χ3n) is 6.61. The lowest BCUT2D eigenvalue weighted by molar-refractivity contribution is -0.122. The lowest BCUT2D eigenvalue weighted by atomic mass is 9.75. The molecule has 2 aromatic rings. The van der Waals surface area contributed by atoms with Gasteiger partial charge in [0, 0.05) is 49.4 Å². The Bertz CT molecular complexity index is 945. The topological polar surface area (TPSA) is 58.6 Å². The maximum absolute atomic E-state index is 13.1. The Labute approximate surface area is 178 Å². The van der Waals surface area contributed by atoms with E-state index in [4.69, 9.17) is 4.74 Å². The number of ether oxygens (including phenoxy) is 1. The molecule has 5 heteroatoms. The van der Waals surface area contributed by atoms with Crippen LogP contribution in [-0.4, -0.2) is 31.6 Å². The Hall–Kier alpha value is -2.66. The van der Waals surface area contributed by atoms with Crippen LogP contribution in [-0.2, 0) is 19.7 Å². The van der Waals surface area contributed by atoms with Gasteiger partial charge in [-0.2, -0.15) is 0 Å². The highest BCUT2D eigenvalue weighted by Crippen LogP contribution is 2.48. The van der Waals surface area contributed by atoms with Crippen molar-refractivity contribution in [1.82, 2.24) is 0 Å². The normalized spacial score (nSPS) is 18.2. The van der Waals surface area contributed by atoms with Crippen molar-refractivity contribution < 1.29 is 14.3 Å². The number of anilines is 2. The van der Waals surface area contributed by atoms with Crippen molar-refractivity contribution in [2.75, 3.05) is 30.0 Å². The maximum atomic E-state index is 13.1. The molecule has 0 bridgehead atoms. The van der Waals surface area contributed by atoms with Gasteiger partial charge >= 0.3 is 0 Å². The Morgan fingerprint density at radius 2 is 1.77 bits per heavy atom. The first-order valence-electron chi connectivity index (χ1n) is 10.9. The van der Waals surface area contributed by atoms with Crippen molar-refractivity contribution in [2.24, 2.45) is 5.92 Å². The summed E-state index contributed by atoms with van der Waals surface area (Å²) in [6, 6.07) is 14.4. The van der Waals surface area contributed by atoms with Crippen LogP contribution in [0.1, 0.15) is 45.6 Å². The second-order valence-corrected chi connectivity index (χ2v) is 8.62. The Kier molecular flexibility index (Phi) is 5.65. The average molecular weight is 407 g/mol. The van der Waals surface area contributed by atoms with Gasteiger partial charge in [0.05, 0.1) is 0 Å². The fraction of sp³-hybridized carbons (Fsp3) is 0.440. The molecule has 1 saturated heterocycles. The van der Waals surface area contributed by atoms with E-state index in [1.165, 1.54) is 12.5 Å². The molecule has 158 valence electrons. The van der Waals surface area contributed by atoms with E-state index in [0.29, 0.717) is 0 Å². The van der Waals surface area contributed by atoms with Gasteiger partial charge in [-0.05, 0) is 60.2 Å². The second-order valence-electron chi connectivity index (χ2n) is 8.62. The van der Waals surface area contributed by atoms with Gasteiger partial charge in [0.2, 0.25) is 11.8 Å². The first kappa shape index (κ1) is 20.6. The van der Waals surface area contributed by atoms with E-state index < -0.39 is 0 Å². The lowest BCUT2D eigenvalue weighted by Crippen LogP contribution is -2.42. The first-order valence-corrected chi connectivity index (χ1v) is 10.9. The zero-order chi connectivity index (χ0) is 21.3. The van der Waals surface area contributed by atoms with Crippen molar-refractivity contribution in [3.05, 3.63) is 48.0 Å². The van der Waals surface area contributed by atoms with Crippen LogP contribution < -0.4 is 10.2 Å². The van der Waals surface area contributed by atoms with Crippen molar-refractivity contribution in [3.63, 3.8) is 0 Å². The molecule has 2 aliphatic rings. The summed E-state index contributed by atoms with van der Waals surface area (Å²) in [5.74, 6) is 0.163. The Morgan fingerprint density at radius 3 is 2.40 bits per heavy atom. The number of carbonyl (C=O) groups excluding carboxylic acids is 2. The van der Waals surface area contributed by atoms with Crippen LogP contribution in [0.4, 0.5) is 11.4 Å². The van der Waals surface area contributed by atoms with Crippen molar-refractivity contribution in [2.45, 2.75) is 45.4 Å². The minimum atomic E-state index is -0.0761. The molecule has 1 N–H and O–H groups in total. The highest BCUT2D eigenvalue weighted by molar-refractivity contribution is 5.98. The van der Waals surface area contributed by atoms with Gasteiger partial charge in [-0.25, -0.2) is 0 Å². The van der Waals surface area contributed by atoms with E-state index in [9.17, 15) is 9.59 Å². The summed E-state index contributed by atoms with van der Waals surface area (Å²) in [7, 11) is 0. The average Bonchev–Trinajstić information content (AvgIpc) is 3.06. The van der Waals surface area contributed by atoms with E-state index in [1.807, 2.05) is 36.1 Å². The standard InChI is InChI=1S/C25H30N2O3/c1-4-17(2)24(29)27-16-25(11-13-30-14-12-25)22-15-20(7-10-23(22)27)19-5-8-21(9-6-19)26-18(3)28/h5-10,15,17H,4,11-14,16H2,1-3H3,(H,26,28). The second kappa shape index (κ2) is 8.23. The Morgan fingerprint density at radius 1 is 1.10 bits per heavy atom. The highest BCUT2D eigenvalue weighted by atomic mass is 16.5. The third-order valence-corrected chi connectivity index (χ3v) is 6.61. The van der Waals surface area contributed by atoms with Gasteiger partial charge in [-0.3, -0.25) is 9.59 Å². The number of hydrogen-bond acceptors (Lipinski definition) is 3. The van der Waals surface area contributed by atoms with Gasteiger partial charge in [-0.15, -0.1) is 0 Å². The molecule has 0 aliphatic carbocycles. The summed E-state index contributed by atoms with van der Waals surface area (Å²) in [4.78, 5) is 26.4. The molecule has 1 fully saturated rings. The number of benzene rings is 2. The van der Waals surface area contributed by atoms with E-state index in [0.717, 1.165) is 61.5 Å². The summed E-state index contributed by atoms with van der Waals surface area (Å²) in [5.41, 5.74) is 5.32. The molecule has 30 heavy (non-hydrogen) atoms. The van der Waals surface area contributed by atoms with Crippen LogP contribution in [0.15, 0.2) is 42.5 Å². The smallest absolute Gasteiger partial charge is 0.229 e. The van der Waals surface area contributed by atoms with Crippen LogP contribution in [0.2, 0.25) is 0 Å². The van der Waals surface area contributed by atoms with Crippen LogP contribution in [0.3, 0.4) is 0 Å². The summed E-state index contributed by atoms with van der Waals surface area (Å²) in [6.45, 7) is 7.81. The van der Waals surface area contributed by atoms with Crippen molar-refractivity contribution in [3.8, 4) is 11.1 Å². The van der Waals surface area contributed by atoms with E-state index in [1.54, 1.807) is 0 Å². The van der Waals surface area contributed by atoms with E-state index >= 15 is 0 Å². The molecule has 2 heterocycles. The summed E-state index contributed by atoms with van der Waals surface area (Å²) >= 11 is 0. The molecule has 2 aromatic carbocycles. The lowest BCUT2D eigenvalue weighted by Gasteiger charge is -2.34. The molecule has 5 nitrogen and oxygen atoms in total. The molecular formula is C25H30N2O3. The number of hydrogen-bond donors (Lipinski definition) is 1. The van der Waals surface area contributed by atoms with Crippen molar-refractivity contribution in [1.29, 1.82) is 0 Å². The zero-order valence-corrected chi connectivity index (χ0v) is 18.0. The maximum Gasteiger partial charge on any atom is 0.229 e. The largest absolute Gasteiger partial charge is 0.381 e. The van der Waals surface area contributed by atoms with Crippen LogP contribution >= 0.6 is 0 Å². The minimum absolute atomic E-state index is 0.0221. The molecule has 0 saturated carbocycles. The zero-order valence-electron chi connectivity index (χ0n) is 18.0. The molecule has 0 aromatic heterocycles. The number of nitrogens with one attached hydrogen (secondary N) is 1. The predicted octanol–water partition coefficient (Wildman–Crippen LogP) is 4.75. The number of nitrogens with zero attached hydrogens (tertiary/aromatic N) is 1. The molecule has 1 unspecified atom stereocenters. The van der Waals surface area contributed by atoms with Gasteiger partial charge in [0.1, 0.15) is 0 Å². The van der Waals surface area contributed by atoms with Crippen LogP contribution in [0.5, 0.6) is 0 Å². The van der Waals surface area contributed by atoms with Gasteiger partial charge in [0.25, 0.3) is 0 Å². The summed E-state index contributed by atoms with van der Waals surface area (Å²) in [5, 5.41) is 2.81. The van der Waals surface area contributed by atoms with Gasteiger partial charge in [0.15, 0.2) is 0 Å². The molecule has 1 spiro atoms. The predicted molar refractivity (Wildman–Crippen MR) is 120 cm³/mol.